The molecule has 1 aromatic carbocycles. The molecule has 1 aromatic rings. The lowest BCUT2D eigenvalue weighted by atomic mass is 9.85. The number of nitrogens with one attached hydrogen (secondary N) is 1. The molecular formula is C15H21NO2. The molecule has 1 heterocycles. The number of ether oxygens (including phenoxy) is 1. The van der Waals surface area contributed by atoms with E-state index in [-0.39, 0.29) is 17.9 Å². The Hall–Kier alpha value is -1.51. The maximum atomic E-state index is 12.0. The Balaban J connectivity index is 2.20. The number of carbonyl (C=O) groups is 1. The minimum atomic E-state index is -0.0713. The topological polar surface area (TPSA) is 38.3 Å². The fourth-order valence-corrected chi connectivity index (χ4v) is 2.60. The Morgan fingerprint density at radius 2 is 2.17 bits per heavy atom. The number of anilines is 1. The van der Waals surface area contributed by atoms with E-state index >= 15 is 0 Å². The Bertz CT molecular complexity index is 417. The number of fused-ring (bicyclic) bond motifs is 1. The quantitative estimate of drug-likeness (QED) is 0.831. The van der Waals surface area contributed by atoms with Crippen LogP contribution in [-0.2, 0) is 16.0 Å². The van der Waals surface area contributed by atoms with E-state index in [2.05, 4.69) is 24.4 Å². The second-order valence-electron chi connectivity index (χ2n) is 4.76. The van der Waals surface area contributed by atoms with Crippen LogP contribution in [0, 0.1) is 5.92 Å². The zero-order chi connectivity index (χ0) is 13.0. The van der Waals surface area contributed by atoms with E-state index in [1.807, 2.05) is 19.1 Å². The monoisotopic (exact) mass is 247 g/mol. The van der Waals surface area contributed by atoms with Gasteiger partial charge in [-0.3, -0.25) is 4.79 Å². The average Bonchev–Trinajstić information content (AvgIpc) is 2.38. The summed E-state index contributed by atoms with van der Waals surface area (Å²) in [5, 5.41) is 3.49. The first kappa shape index (κ1) is 12.9. The molecule has 1 aliphatic rings. The number of hydrogen-bond acceptors (Lipinski definition) is 3. The molecule has 0 aromatic heterocycles. The Morgan fingerprint density at radius 3 is 2.89 bits per heavy atom. The van der Waals surface area contributed by atoms with Crippen LogP contribution < -0.4 is 5.32 Å². The molecule has 0 saturated carbocycles. The smallest absolute Gasteiger partial charge is 0.311 e. The average molecular weight is 247 g/mol. The summed E-state index contributed by atoms with van der Waals surface area (Å²) >= 11 is 0. The molecular weight excluding hydrogens is 226 g/mol. The summed E-state index contributed by atoms with van der Waals surface area (Å²) in [7, 11) is 0. The molecule has 1 N–H and O–H groups in total. The molecule has 2 rings (SSSR count). The van der Waals surface area contributed by atoms with Crippen LogP contribution in [-0.4, -0.2) is 18.6 Å². The van der Waals surface area contributed by atoms with Gasteiger partial charge in [-0.15, -0.1) is 0 Å². The van der Waals surface area contributed by atoms with Crippen LogP contribution >= 0.6 is 0 Å². The van der Waals surface area contributed by atoms with Gasteiger partial charge in [0.05, 0.1) is 12.5 Å². The number of carbonyl (C=O) groups excluding carboxylic acids is 1. The van der Waals surface area contributed by atoms with Crippen molar-refractivity contribution in [1.29, 1.82) is 0 Å². The lowest BCUT2D eigenvalue weighted by molar-refractivity contribution is -0.148. The molecule has 0 fully saturated rings. The van der Waals surface area contributed by atoms with Gasteiger partial charge in [0.2, 0.25) is 0 Å². The number of para-hydroxylation sites is 1. The van der Waals surface area contributed by atoms with Crippen LogP contribution in [0.5, 0.6) is 0 Å². The van der Waals surface area contributed by atoms with Crippen molar-refractivity contribution in [3.63, 3.8) is 0 Å². The van der Waals surface area contributed by atoms with Crippen molar-refractivity contribution in [3.8, 4) is 0 Å². The highest BCUT2D eigenvalue weighted by Crippen LogP contribution is 2.30. The fourth-order valence-electron chi connectivity index (χ4n) is 2.60. The highest BCUT2D eigenvalue weighted by Gasteiger charge is 2.33. The zero-order valence-corrected chi connectivity index (χ0v) is 11.1. The molecule has 18 heavy (non-hydrogen) atoms. The van der Waals surface area contributed by atoms with Crippen LogP contribution in [0.3, 0.4) is 0 Å². The van der Waals surface area contributed by atoms with Gasteiger partial charge in [-0.05, 0) is 31.4 Å². The van der Waals surface area contributed by atoms with E-state index in [4.69, 9.17) is 4.74 Å². The molecule has 0 spiro atoms. The summed E-state index contributed by atoms with van der Waals surface area (Å²) in [5.41, 5.74) is 2.37. The van der Waals surface area contributed by atoms with E-state index < -0.39 is 0 Å². The molecule has 98 valence electrons. The van der Waals surface area contributed by atoms with Crippen molar-refractivity contribution in [1.82, 2.24) is 0 Å². The van der Waals surface area contributed by atoms with E-state index in [0.29, 0.717) is 6.61 Å². The zero-order valence-electron chi connectivity index (χ0n) is 11.1. The van der Waals surface area contributed by atoms with Crippen LogP contribution in [0.15, 0.2) is 24.3 Å². The summed E-state index contributed by atoms with van der Waals surface area (Å²) in [6.45, 7) is 4.46. The molecule has 1 aliphatic heterocycles. The molecule has 0 radical (unpaired) electrons. The maximum absolute atomic E-state index is 12.0. The standard InChI is InChI=1S/C15H21NO2/c1-3-7-14-12(15(17)18-4-2)10-11-8-5-6-9-13(11)16-14/h5-6,8-9,12,14,16H,3-4,7,10H2,1-2H3/t12-,14-/m1/s1. The number of rotatable bonds is 4. The maximum Gasteiger partial charge on any atom is 0.311 e. The first-order valence-electron chi connectivity index (χ1n) is 6.77. The summed E-state index contributed by atoms with van der Waals surface area (Å²) < 4.78 is 5.19. The fraction of sp³-hybridized carbons (Fsp3) is 0.533. The van der Waals surface area contributed by atoms with Gasteiger partial charge in [0.15, 0.2) is 0 Å². The van der Waals surface area contributed by atoms with Crippen LogP contribution in [0.2, 0.25) is 0 Å². The lowest BCUT2D eigenvalue weighted by Gasteiger charge is -2.33. The van der Waals surface area contributed by atoms with Crippen molar-refractivity contribution < 1.29 is 9.53 Å². The molecule has 3 nitrogen and oxygen atoms in total. The van der Waals surface area contributed by atoms with Crippen molar-refractivity contribution in [2.75, 3.05) is 11.9 Å². The Kier molecular flexibility index (Phi) is 4.24. The van der Waals surface area contributed by atoms with Gasteiger partial charge < -0.3 is 10.1 Å². The number of esters is 1. The minimum absolute atomic E-state index is 0.0557. The van der Waals surface area contributed by atoms with Crippen molar-refractivity contribution in [2.45, 2.75) is 39.2 Å². The van der Waals surface area contributed by atoms with Gasteiger partial charge in [-0.1, -0.05) is 31.5 Å². The van der Waals surface area contributed by atoms with Crippen molar-refractivity contribution >= 4 is 11.7 Å². The number of benzene rings is 1. The molecule has 0 amide bonds. The van der Waals surface area contributed by atoms with Gasteiger partial charge in [-0.2, -0.15) is 0 Å². The van der Waals surface area contributed by atoms with Crippen molar-refractivity contribution in [3.05, 3.63) is 29.8 Å². The second kappa shape index (κ2) is 5.89. The Labute approximate surface area is 109 Å². The van der Waals surface area contributed by atoms with E-state index in [1.165, 1.54) is 5.56 Å². The van der Waals surface area contributed by atoms with Crippen LogP contribution in [0.4, 0.5) is 5.69 Å². The summed E-state index contributed by atoms with van der Waals surface area (Å²) in [6.07, 6.45) is 2.85. The van der Waals surface area contributed by atoms with Gasteiger partial charge in [-0.25, -0.2) is 0 Å². The molecule has 2 atom stereocenters. The first-order chi connectivity index (χ1) is 8.76. The highest BCUT2D eigenvalue weighted by atomic mass is 16.5. The molecule has 0 aliphatic carbocycles. The predicted octanol–water partition coefficient (Wildman–Crippen LogP) is 3.00. The third kappa shape index (κ3) is 2.66. The molecule has 0 bridgehead atoms. The normalized spacial score (nSPS) is 21.9. The highest BCUT2D eigenvalue weighted by molar-refractivity contribution is 5.76. The molecule has 0 saturated heterocycles. The predicted molar refractivity (Wildman–Crippen MR) is 72.6 cm³/mol. The van der Waals surface area contributed by atoms with E-state index in [9.17, 15) is 4.79 Å². The third-order valence-corrected chi connectivity index (χ3v) is 3.47. The minimum Gasteiger partial charge on any atom is -0.466 e. The van der Waals surface area contributed by atoms with Crippen molar-refractivity contribution in [2.24, 2.45) is 5.92 Å². The van der Waals surface area contributed by atoms with E-state index in [0.717, 1.165) is 24.9 Å². The van der Waals surface area contributed by atoms with E-state index in [1.54, 1.807) is 0 Å². The van der Waals surface area contributed by atoms with Gasteiger partial charge in [0.25, 0.3) is 0 Å². The van der Waals surface area contributed by atoms with Gasteiger partial charge in [0, 0.05) is 11.7 Å². The molecule has 3 heteroatoms. The van der Waals surface area contributed by atoms with Gasteiger partial charge >= 0.3 is 5.97 Å². The Morgan fingerprint density at radius 1 is 1.39 bits per heavy atom. The number of hydrogen-bond donors (Lipinski definition) is 1. The second-order valence-corrected chi connectivity index (χ2v) is 4.76. The SMILES string of the molecule is CCC[C@H]1Nc2ccccc2C[C@H]1C(=O)OCC. The van der Waals surface area contributed by atoms with Gasteiger partial charge in [0.1, 0.15) is 0 Å². The summed E-state index contributed by atoms with van der Waals surface area (Å²) in [5.74, 6) is -0.127. The lowest BCUT2D eigenvalue weighted by Crippen LogP contribution is -2.40. The summed E-state index contributed by atoms with van der Waals surface area (Å²) in [6, 6.07) is 8.40. The van der Waals surface area contributed by atoms with Crippen LogP contribution in [0.1, 0.15) is 32.3 Å². The largest absolute Gasteiger partial charge is 0.466 e. The summed E-state index contributed by atoms with van der Waals surface area (Å²) in [4.78, 5) is 12.0. The third-order valence-electron chi connectivity index (χ3n) is 3.47. The van der Waals surface area contributed by atoms with Crippen LogP contribution in [0.25, 0.3) is 0 Å². The first-order valence-corrected chi connectivity index (χ1v) is 6.77. The molecule has 0 unspecified atom stereocenters.